The Morgan fingerprint density at radius 2 is 1.18 bits per heavy atom. The summed E-state index contributed by atoms with van der Waals surface area (Å²) in [5, 5.41) is 0. The molecule has 0 aliphatic heterocycles. The minimum Gasteiger partial charge on any atom is -0.0991 e. The first-order valence-electron chi connectivity index (χ1n) is 3.65. The van der Waals surface area contributed by atoms with Gasteiger partial charge in [-0.25, -0.2) is 0 Å². The van der Waals surface area contributed by atoms with Gasteiger partial charge in [-0.3, -0.25) is 0 Å². The Bertz CT molecular complexity index is 190. The Morgan fingerprint density at radius 1 is 0.727 bits per heavy atom. The van der Waals surface area contributed by atoms with Gasteiger partial charge in [0.1, 0.15) is 0 Å². The van der Waals surface area contributed by atoms with Gasteiger partial charge >= 0.3 is 0 Å². The Hall–Kier alpha value is -1.30. The van der Waals surface area contributed by atoms with Gasteiger partial charge in [0.25, 0.3) is 0 Å². The summed E-state index contributed by atoms with van der Waals surface area (Å²) in [5.41, 5.74) is 0. The molecular weight excluding hydrogens is 132 g/mol. The molecule has 0 aliphatic rings. The summed E-state index contributed by atoms with van der Waals surface area (Å²) >= 11 is 0. The highest BCUT2D eigenvalue weighted by Gasteiger charge is 1.59. The predicted octanol–water partition coefficient (Wildman–Crippen LogP) is 3.42. The highest BCUT2D eigenvalue weighted by atomic mass is 13.7. The molecule has 0 saturated heterocycles. The maximum atomic E-state index is 3.56. The van der Waals surface area contributed by atoms with Gasteiger partial charge in [0.2, 0.25) is 0 Å². The Balaban J connectivity index is 3.59. The van der Waals surface area contributed by atoms with Crippen LogP contribution in [-0.4, -0.2) is 0 Å². The second-order valence-electron chi connectivity index (χ2n) is 1.92. The molecule has 58 valence electrons. The van der Waals surface area contributed by atoms with Crippen LogP contribution in [0.3, 0.4) is 0 Å². The zero-order chi connectivity index (χ0) is 8.36. The summed E-state index contributed by atoms with van der Waals surface area (Å²) in [6.07, 6.45) is 17.5. The summed E-state index contributed by atoms with van der Waals surface area (Å²) in [6.45, 7) is 5.55. The summed E-state index contributed by atoms with van der Waals surface area (Å²) in [5.74, 6) is 0. The van der Waals surface area contributed by atoms with Gasteiger partial charge in [0.05, 0.1) is 0 Å². The van der Waals surface area contributed by atoms with E-state index in [0.29, 0.717) is 0 Å². The number of hydrogen-bond donors (Lipinski definition) is 0. The predicted molar refractivity (Wildman–Crippen MR) is 52.4 cm³/mol. The van der Waals surface area contributed by atoms with Crippen LogP contribution < -0.4 is 0 Å². The minimum absolute atomic E-state index is 1.75. The maximum absolute atomic E-state index is 3.56. The van der Waals surface area contributed by atoms with E-state index in [1.54, 1.807) is 6.08 Å². The molecule has 0 aromatic rings. The van der Waals surface area contributed by atoms with E-state index in [-0.39, 0.29) is 0 Å². The van der Waals surface area contributed by atoms with Gasteiger partial charge in [0.15, 0.2) is 0 Å². The first-order chi connectivity index (χ1) is 5.41. The van der Waals surface area contributed by atoms with Crippen molar-refractivity contribution in [1.29, 1.82) is 0 Å². The van der Waals surface area contributed by atoms with Crippen molar-refractivity contribution in [2.24, 2.45) is 0 Å². The topological polar surface area (TPSA) is 0 Å². The third-order valence-electron chi connectivity index (χ3n) is 0.995. The van der Waals surface area contributed by atoms with Crippen molar-refractivity contribution >= 4 is 0 Å². The van der Waals surface area contributed by atoms with Gasteiger partial charge in [-0.05, 0) is 6.92 Å². The lowest BCUT2D eigenvalue weighted by molar-refractivity contribution is 1.73. The average molecular weight is 146 g/mol. The van der Waals surface area contributed by atoms with Crippen LogP contribution >= 0.6 is 0 Å². The third-order valence-corrected chi connectivity index (χ3v) is 0.995. The number of allylic oxidation sites excluding steroid dienone is 9. The second kappa shape index (κ2) is 8.70. The molecule has 0 aromatic heterocycles. The molecule has 0 fully saturated rings. The van der Waals surface area contributed by atoms with E-state index in [2.05, 4.69) is 6.58 Å². The first-order valence-corrected chi connectivity index (χ1v) is 3.65. The van der Waals surface area contributed by atoms with Gasteiger partial charge in [-0.15, -0.1) is 0 Å². The largest absolute Gasteiger partial charge is 0.0991 e. The Labute approximate surface area is 68.9 Å². The lowest BCUT2D eigenvalue weighted by Crippen LogP contribution is -1.49. The summed E-state index contributed by atoms with van der Waals surface area (Å²) in [7, 11) is 0. The van der Waals surface area contributed by atoms with Crippen LogP contribution in [0, 0.1) is 0 Å². The van der Waals surface area contributed by atoms with Crippen LogP contribution in [-0.2, 0) is 0 Å². The van der Waals surface area contributed by atoms with E-state index < -0.39 is 0 Å². The van der Waals surface area contributed by atoms with Crippen molar-refractivity contribution in [1.82, 2.24) is 0 Å². The molecule has 0 heteroatoms. The van der Waals surface area contributed by atoms with Crippen molar-refractivity contribution in [3.8, 4) is 0 Å². The first kappa shape index (κ1) is 9.70. The summed E-state index contributed by atoms with van der Waals surface area (Å²) in [4.78, 5) is 0. The molecule has 0 nitrogen and oxygen atoms in total. The summed E-state index contributed by atoms with van der Waals surface area (Å²) < 4.78 is 0. The van der Waals surface area contributed by atoms with Crippen LogP contribution in [0.15, 0.2) is 61.3 Å². The van der Waals surface area contributed by atoms with E-state index in [1.165, 1.54) is 0 Å². The van der Waals surface area contributed by atoms with Crippen LogP contribution in [0.25, 0.3) is 0 Å². The van der Waals surface area contributed by atoms with E-state index >= 15 is 0 Å². The number of rotatable bonds is 4. The molecule has 0 rings (SSSR count). The molecule has 0 aromatic carbocycles. The molecule has 0 saturated carbocycles. The van der Waals surface area contributed by atoms with Crippen LogP contribution in [0.1, 0.15) is 6.92 Å². The normalized spacial score (nSPS) is 12.8. The van der Waals surface area contributed by atoms with E-state index in [9.17, 15) is 0 Å². The highest BCUT2D eigenvalue weighted by molar-refractivity contribution is 5.16. The SMILES string of the molecule is C=C\C=C/C=C/C=C\C=C\C. The van der Waals surface area contributed by atoms with Gasteiger partial charge in [0, 0.05) is 0 Å². The molecule has 0 heterocycles. The molecule has 0 bridgehead atoms. The molecule has 0 unspecified atom stereocenters. The standard InChI is InChI=1S/C11H14/c1-3-5-7-9-11-10-8-6-4-2/h3-11H,1H2,2H3/b6-4+,7-5-,10-8-,11-9+. The minimum atomic E-state index is 1.75. The Kier molecular flexibility index (Phi) is 7.67. The fourth-order valence-corrected chi connectivity index (χ4v) is 0.510. The fraction of sp³-hybridized carbons (Fsp3) is 0.0909. The molecule has 0 aliphatic carbocycles. The molecular formula is C11H14. The lowest BCUT2D eigenvalue weighted by atomic mass is 10.4. The zero-order valence-electron chi connectivity index (χ0n) is 6.90. The van der Waals surface area contributed by atoms with E-state index in [1.807, 2.05) is 55.5 Å². The summed E-state index contributed by atoms with van der Waals surface area (Å²) in [6, 6.07) is 0. The number of hydrogen-bond acceptors (Lipinski definition) is 0. The smallest absolute Gasteiger partial charge is 0.0467 e. The Morgan fingerprint density at radius 3 is 1.64 bits per heavy atom. The van der Waals surface area contributed by atoms with Gasteiger partial charge in [-0.1, -0.05) is 61.3 Å². The molecule has 0 radical (unpaired) electrons. The van der Waals surface area contributed by atoms with Crippen molar-refractivity contribution in [3.63, 3.8) is 0 Å². The zero-order valence-corrected chi connectivity index (χ0v) is 6.90. The van der Waals surface area contributed by atoms with Crippen LogP contribution in [0.2, 0.25) is 0 Å². The van der Waals surface area contributed by atoms with Gasteiger partial charge < -0.3 is 0 Å². The van der Waals surface area contributed by atoms with Crippen molar-refractivity contribution in [2.45, 2.75) is 6.92 Å². The van der Waals surface area contributed by atoms with Crippen molar-refractivity contribution in [3.05, 3.63) is 61.3 Å². The van der Waals surface area contributed by atoms with Crippen molar-refractivity contribution in [2.75, 3.05) is 0 Å². The molecule has 11 heavy (non-hydrogen) atoms. The van der Waals surface area contributed by atoms with E-state index in [0.717, 1.165) is 0 Å². The monoisotopic (exact) mass is 146 g/mol. The fourth-order valence-electron chi connectivity index (χ4n) is 0.510. The molecule has 0 atom stereocenters. The maximum Gasteiger partial charge on any atom is -0.0467 e. The average Bonchev–Trinajstić information content (AvgIpc) is 2.03. The second-order valence-corrected chi connectivity index (χ2v) is 1.92. The lowest BCUT2D eigenvalue weighted by Gasteiger charge is -1.71. The molecule has 0 amide bonds. The highest BCUT2D eigenvalue weighted by Crippen LogP contribution is 1.81. The van der Waals surface area contributed by atoms with Crippen molar-refractivity contribution < 1.29 is 0 Å². The van der Waals surface area contributed by atoms with Crippen LogP contribution in [0.5, 0.6) is 0 Å². The van der Waals surface area contributed by atoms with Gasteiger partial charge in [-0.2, -0.15) is 0 Å². The molecule has 0 spiro atoms. The quantitative estimate of drug-likeness (QED) is 0.533. The van der Waals surface area contributed by atoms with Crippen LogP contribution in [0.4, 0.5) is 0 Å². The third kappa shape index (κ3) is 8.70. The molecule has 0 N–H and O–H groups in total. The van der Waals surface area contributed by atoms with E-state index in [4.69, 9.17) is 0 Å².